The summed E-state index contributed by atoms with van der Waals surface area (Å²) >= 11 is 3.15. The summed E-state index contributed by atoms with van der Waals surface area (Å²) in [6.07, 6.45) is 1.71. The van der Waals surface area contributed by atoms with Crippen molar-refractivity contribution in [2.75, 3.05) is 19.8 Å². The molecule has 116 valence electrons. The quantitative estimate of drug-likeness (QED) is 0.577. The zero-order valence-electron chi connectivity index (χ0n) is 11.1. The van der Waals surface area contributed by atoms with E-state index in [-0.39, 0.29) is 16.4 Å². The Bertz CT molecular complexity index is 625. The molecule has 1 aromatic carbocycles. The van der Waals surface area contributed by atoms with Crippen LogP contribution in [0.4, 0.5) is 0 Å². The van der Waals surface area contributed by atoms with E-state index in [9.17, 15) is 13.2 Å². The molecule has 0 aromatic heterocycles. The molecule has 21 heavy (non-hydrogen) atoms. The highest BCUT2D eigenvalue weighted by molar-refractivity contribution is 9.10. The van der Waals surface area contributed by atoms with Gasteiger partial charge in [0.2, 0.25) is 0 Å². The molecule has 0 radical (unpaired) electrons. The molecule has 1 aliphatic heterocycles. The molecule has 8 heteroatoms. The number of carbonyl (C=O) groups excluding carboxylic acids is 1. The van der Waals surface area contributed by atoms with Crippen LogP contribution in [-0.4, -0.2) is 34.2 Å². The number of halogens is 2. The van der Waals surface area contributed by atoms with Gasteiger partial charge in [0.25, 0.3) is 9.05 Å². The zero-order valence-corrected chi connectivity index (χ0v) is 14.2. The third-order valence-corrected chi connectivity index (χ3v) is 4.97. The molecule has 0 aliphatic carbocycles. The molecule has 0 spiro atoms. The molecule has 0 unspecified atom stereocenters. The van der Waals surface area contributed by atoms with Gasteiger partial charge in [-0.25, -0.2) is 13.2 Å². The van der Waals surface area contributed by atoms with E-state index in [1.807, 2.05) is 0 Å². The van der Waals surface area contributed by atoms with Crippen molar-refractivity contribution < 1.29 is 22.7 Å². The standard InChI is InChI=1S/C13H14BrClO5S/c14-11-5-10(6-12(7-11)21(15,17)18)13(16)20-8-9-1-3-19-4-2-9/h5-7,9H,1-4,8H2. The summed E-state index contributed by atoms with van der Waals surface area (Å²) in [4.78, 5) is 11.9. The van der Waals surface area contributed by atoms with E-state index >= 15 is 0 Å². The van der Waals surface area contributed by atoms with Gasteiger partial charge in [-0.1, -0.05) is 15.9 Å². The van der Waals surface area contributed by atoms with Crippen molar-refractivity contribution in [2.45, 2.75) is 17.7 Å². The Labute approximate surface area is 136 Å². The minimum absolute atomic E-state index is 0.142. The predicted octanol–water partition coefficient (Wildman–Crippen LogP) is 2.96. The molecule has 1 heterocycles. The molecule has 5 nitrogen and oxygen atoms in total. The van der Waals surface area contributed by atoms with E-state index in [0.717, 1.165) is 12.8 Å². The van der Waals surface area contributed by atoms with Gasteiger partial charge in [-0.2, -0.15) is 0 Å². The minimum Gasteiger partial charge on any atom is -0.462 e. The van der Waals surface area contributed by atoms with Crippen molar-refractivity contribution >= 4 is 41.6 Å². The lowest BCUT2D eigenvalue weighted by molar-refractivity contribution is 0.0185. The molecule has 0 atom stereocenters. The van der Waals surface area contributed by atoms with E-state index in [4.69, 9.17) is 20.2 Å². The first-order chi connectivity index (χ1) is 9.86. The smallest absolute Gasteiger partial charge is 0.338 e. The molecule has 0 amide bonds. The maximum atomic E-state index is 12.0. The lowest BCUT2D eigenvalue weighted by Gasteiger charge is -2.21. The van der Waals surface area contributed by atoms with Crippen molar-refractivity contribution in [1.29, 1.82) is 0 Å². The van der Waals surface area contributed by atoms with Crippen molar-refractivity contribution in [2.24, 2.45) is 5.92 Å². The summed E-state index contributed by atoms with van der Waals surface area (Å²) in [6.45, 7) is 1.65. The van der Waals surface area contributed by atoms with Crippen LogP contribution in [0.2, 0.25) is 0 Å². The Morgan fingerprint density at radius 2 is 2.00 bits per heavy atom. The van der Waals surface area contributed by atoms with Crippen LogP contribution in [0.3, 0.4) is 0 Å². The van der Waals surface area contributed by atoms with Crippen LogP contribution in [0.5, 0.6) is 0 Å². The Balaban J connectivity index is 2.06. The zero-order chi connectivity index (χ0) is 15.5. The monoisotopic (exact) mass is 396 g/mol. The van der Waals surface area contributed by atoms with Gasteiger partial charge in [0.05, 0.1) is 17.1 Å². The number of ether oxygens (including phenoxy) is 2. The van der Waals surface area contributed by atoms with Crippen molar-refractivity contribution in [3.05, 3.63) is 28.2 Å². The summed E-state index contributed by atoms with van der Waals surface area (Å²) in [7, 11) is 1.39. The predicted molar refractivity (Wildman–Crippen MR) is 81.0 cm³/mol. The van der Waals surface area contributed by atoms with Crippen LogP contribution >= 0.6 is 26.6 Å². The number of hydrogen-bond acceptors (Lipinski definition) is 5. The van der Waals surface area contributed by atoms with Crippen LogP contribution in [0, 0.1) is 5.92 Å². The SMILES string of the molecule is O=C(OCC1CCOCC1)c1cc(Br)cc(S(=O)(=O)Cl)c1. The molecule has 2 rings (SSSR count). The Kier molecular flexibility index (Phi) is 5.65. The summed E-state index contributed by atoms with van der Waals surface area (Å²) < 4.78 is 33.6. The first kappa shape index (κ1) is 16.7. The van der Waals surface area contributed by atoms with E-state index in [1.54, 1.807) is 0 Å². The van der Waals surface area contributed by atoms with Crippen molar-refractivity contribution in [3.8, 4) is 0 Å². The number of rotatable bonds is 4. The van der Waals surface area contributed by atoms with E-state index < -0.39 is 15.0 Å². The lowest BCUT2D eigenvalue weighted by atomic mass is 10.0. The van der Waals surface area contributed by atoms with Crippen LogP contribution < -0.4 is 0 Å². The number of carbonyl (C=O) groups is 1. The molecule has 0 bridgehead atoms. The summed E-state index contributed by atoms with van der Waals surface area (Å²) in [5.74, 6) is -0.282. The largest absolute Gasteiger partial charge is 0.462 e. The molecule has 1 aliphatic rings. The average Bonchev–Trinajstić information content (AvgIpc) is 2.44. The summed E-state index contributed by atoms with van der Waals surface area (Å²) in [5, 5.41) is 0. The van der Waals surface area contributed by atoms with E-state index in [0.29, 0.717) is 24.3 Å². The minimum atomic E-state index is -3.90. The van der Waals surface area contributed by atoms with Gasteiger partial charge in [-0.15, -0.1) is 0 Å². The molecular formula is C13H14BrClO5S. The van der Waals surface area contributed by atoms with Crippen LogP contribution in [0.1, 0.15) is 23.2 Å². The van der Waals surface area contributed by atoms with Gasteiger partial charge in [-0.05, 0) is 37.0 Å². The molecule has 1 fully saturated rings. The van der Waals surface area contributed by atoms with Crippen LogP contribution in [0.15, 0.2) is 27.6 Å². The van der Waals surface area contributed by atoms with Gasteiger partial charge in [0.15, 0.2) is 0 Å². The van der Waals surface area contributed by atoms with Crippen LogP contribution in [-0.2, 0) is 18.5 Å². The third-order valence-electron chi connectivity index (χ3n) is 3.18. The van der Waals surface area contributed by atoms with Crippen molar-refractivity contribution in [1.82, 2.24) is 0 Å². The molecule has 1 saturated heterocycles. The van der Waals surface area contributed by atoms with Gasteiger partial charge in [0, 0.05) is 28.4 Å². The first-order valence-electron chi connectivity index (χ1n) is 6.36. The fourth-order valence-corrected chi connectivity index (χ4v) is 3.46. The number of esters is 1. The van der Waals surface area contributed by atoms with E-state index in [2.05, 4.69) is 15.9 Å². The second-order valence-corrected chi connectivity index (χ2v) is 8.25. The van der Waals surface area contributed by atoms with Gasteiger partial charge < -0.3 is 9.47 Å². The maximum Gasteiger partial charge on any atom is 0.338 e. The second-order valence-electron chi connectivity index (χ2n) is 4.77. The third kappa shape index (κ3) is 4.95. The average molecular weight is 398 g/mol. The highest BCUT2D eigenvalue weighted by atomic mass is 79.9. The topological polar surface area (TPSA) is 69.7 Å². The number of benzene rings is 1. The van der Waals surface area contributed by atoms with Gasteiger partial charge in [0.1, 0.15) is 0 Å². The number of hydrogen-bond donors (Lipinski definition) is 0. The fraction of sp³-hybridized carbons (Fsp3) is 0.462. The Morgan fingerprint density at radius 3 is 2.62 bits per heavy atom. The first-order valence-corrected chi connectivity index (χ1v) is 9.46. The highest BCUT2D eigenvalue weighted by Gasteiger charge is 2.19. The normalized spacial score (nSPS) is 16.7. The summed E-state index contributed by atoms with van der Waals surface area (Å²) in [6, 6.07) is 4.04. The second kappa shape index (κ2) is 7.09. The van der Waals surface area contributed by atoms with Gasteiger partial charge >= 0.3 is 5.97 Å². The Hall–Kier alpha value is -0.630. The molecular weight excluding hydrogens is 384 g/mol. The van der Waals surface area contributed by atoms with E-state index in [1.165, 1.54) is 18.2 Å². The summed E-state index contributed by atoms with van der Waals surface area (Å²) in [5.41, 5.74) is 0.149. The highest BCUT2D eigenvalue weighted by Crippen LogP contribution is 2.23. The Morgan fingerprint density at radius 1 is 1.33 bits per heavy atom. The fourth-order valence-electron chi connectivity index (χ4n) is 2.01. The molecule has 0 saturated carbocycles. The molecule has 0 N–H and O–H groups in total. The maximum absolute atomic E-state index is 12.0. The van der Waals surface area contributed by atoms with Crippen LogP contribution in [0.25, 0.3) is 0 Å². The molecule has 1 aromatic rings. The lowest BCUT2D eigenvalue weighted by Crippen LogP contribution is -2.22. The van der Waals surface area contributed by atoms with Gasteiger partial charge in [-0.3, -0.25) is 0 Å². The van der Waals surface area contributed by atoms with Crippen molar-refractivity contribution in [3.63, 3.8) is 0 Å².